The van der Waals surface area contributed by atoms with E-state index >= 15 is 0 Å². The number of hydrogen-bond donors (Lipinski definition) is 0. The van der Waals surface area contributed by atoms with E-state index in [9.17, 15) is 4.79 Å². The molecule has 5 heteroatoms. The lowest BCUT2D eigenvalue weighted by molar-refractivity contribution is 0.0735. The number of benzene rings is 1. The molecule has 0 spiro atoms. The summed E-state index contributed by atoms with van der Waals surface area (Å²) in [5, 5.41) is 0.875. The van der Waals surface area contributed by atoms with Crippen molar-refractivity contribution in [2.24, 2.45) is 0 Å². The standard InChI is InChI=1S/C16H11IN2O2/c1-10-14(21-16(20)11-6-3-2-4-7-11)13-12(15(17)19-10)8-5-9-18-13/h2-9H,1H3. The van der Waals surface area contributed by atoms with Crippen LogP contribution in [-0.4, -0.2) is 15.9 Å². The minimum Gasteiger partial charge on any atom is -0.419 e. The number of pyridine rings is 2. The predicted octanol–water partition coefficient (Wildman–Crippen LogP) is 3.76. The van der Waals surface area contributed by atoms with Crippen LogP contribution >= 0.6 is 22.6 Å². The second-order valence-electron chi connectivity index (χ2n) is 4.47. The zero-order valence-corrected chi connectivity index (χ0v) is 13.4. The number of ether oxygens (including phenoxy) is 1. The first-order valence-corrected chi connectivity index (χ1v) is 7.43. The number of esters is 1. The molecule has 1 aromatic carbocycles. The zero-order chi connectivity index (χ0) is 14.8. The van der Waals surface area contributed by atoms with E-state index in [0.29, 0.717) is 22.5 Å². The molecule has 0 fully saturated rings. The number of carbonyl (C=O) groups excluding carboxylic acids is 1. The van der Waals surface area contributed by atoms with Crippen molar-refractivity contribution < 1.29 is 9.53 Å². The molecule has 0 unspecified atom stereocenters. The van der Waals surface area contributed by atoms with Crippen LogP contribution in [0.15, 0.2) is 48.7 Å². The lowest BCUT2D eigenvalue weighted by Gasteiger charge is -2.10. The summed E-state index contributed by atoms with van der Waals surface area (Å²) in [5.74, 6) is 0.00790. The van der Waals surface area contributed by atoms with E-state index in [1.54, 1.807) is 30.5 Å². The summed E-state index contributed by atoms with van der Waals surface area (Å²) in [6.45, 7) is 1.81. The van der Waals surface area contributed by atoms with Gasteiger partial charge in [0, 0.05) is 11.6 Å². The molecule has 0 bridgehead atoms. The summed E-state index contributed by atoms with van der Waals surface area (Å²) in [4.78, 5) is 21.0. The maximum absolute atomic E-state index is 12.2. The van der Waals surface area contributed by atoms with Gasteiger partial charge < -0.3 is 4.74 Å². The number of rotatable bonds is 2. The molecule has 0 aliphatic carbocycles. The van der Waals surface area contributed by atoms with E-state index < -0.39 is 5.97 Å². The van der Waals surface area contributed by atoms with Crippen LogP contribution in [0.2, 0.25) is 0 Å². The summed E-state index contributed by atoms with van der Waals surface area (Å²) in [7, 11) is 0. The normalized spacial score (nSPS) is 10.6. The Labute approximate surface area is 135 Å². The van der Waals surface area contributed by atoms with E-state index in [1.807, 2.05) is 25.1 Å². The van der Waals surface area contributed by atoms with Gasteiger partial charge in [-0.2, -0.15) is 0 Å². The molecule has 0 aliphatic rings. The molecule has 2 aromatic heterocycles. The van der Waals surface area contributed by atoms with E-state index in [1.165, 1.54) is 0 Å². The molecule has 21 heavy (non-hydrogen) atoms. The van der Waals surface area contributed by atoms with E-state index in [-0.39, 0.29) is 0 Å². The molecule has 0 saturated carbocycles. The molecule has 0 amide bonds. The highest BCUT2D eigenvalue weighted by Crippen LogP contribution is 2.29. The molecule has 4 nitrogen and oxygen atoms in total. The Morgan fingerprint density at radius 1 is 1.14 bits per heavy atom. The number of carbonyl (C=O) groups is 1. The maximum Gasteiger partial charge on any atom is 0.343 e. The molecular weight excluding hydrogens is 379 g/mol. The summed E-state index contributed by atoms with van der Waals surface area (Å²) in [6.07, 6.45) is 1.68. The summed E-state index contributed by atoms with van der Waals surface area (Å²) in [5.41, 5.74) is 1.80. The first-order chi connectivity index (χ1) is 10.2. The van der Waals surface area contributed by atoms with Crippen molar-refractivity contribution in [3.05, 3.63) is 63.6 Å². The Morgan fingerprint density at radius 3 is 2.67 bits per heavy atom. The summed E-state index contributed by atoms with van der Waals surface area (Å²) in [6, 6.07) is 12.6. The second kappa shape index (κ2) is 5.77. The molecule has 3 rings (SSSR count). The lowest BCUT2D eigenvalue weighted by atomic mass is 10.2. The fraction of sp³-hybridized carbons (Fsp3) is 0.0625. The third kappa shape index (κ3) is 2.73. The number of hydrogen-bond acceptors (Lipinski definition) is 4. The van der Waals surface area contributed by atoms with Crippen LogP contribution in [0.5, 0.6) is 5.75 Å². The first-order valence-electron chi connectivity index (χ1n) is 6.35. The monoisotopic (exact) mass is 390 g/mol. The number of halogens is 1. The first kappa shape index (κ1) is 13.9. The van der Waals surface area contributed by atoms with Crippen LogP contribution < -0.4 is 4.74 Å². The predicted molar refractivity (Wildman–Crippen MR) is 88.4 cm³/mol. The van der Waals surface area contributed by atoms with Gasteiger partial charge in [-0.05, 0) is 53.8 Å². The SMILES string of the molecule is Cc1nc(I)c2cccnc2c1OC(=O)c1ccccc1. The quantitative estimate of drug-likeness (QED) is 0.380. The van der Waals surface area contributed by atoms with E-state index in [0.717, 1.165) is 9.09 Å². The van der Waals surface area contributed by atoms with Gasteiger partial charge in [-0.15, -0.1) is 0 Å². The average Bonchev–Trinajstić information content (AvgIpc) is 2.52. The lowest BCUT2D eigenvalue weighted by Crippen LogP contribution is -2.10. The highest BCUT2D eigenvalue weighted by atomic mass is 127. The van der Waals surface area contributed by atoms with Crippen LogP contribution in [0.1, 0.15) is 16.1 Å². The van der Waals surface area contributed by atoms with Crippen molar-refractivity contribution in [3.63, 3.8) is 0 Å². The third-order valence-electron chi connectivity index (χ3n) is 3.04. The molecule has 104 valence electrons. The van der Waals surface area contributed by atoms with Crippen LogP contribution in [0.3, 0.4) is 0 Å². The fourth-order valence-electron chi connectivity index (χ4n) is 2.03. The molecule has 2 heterocycles. The maximum atomic E-state index is 12.2. The minimum absolute atomic E-state index is 0.409. The molecular formula is C16H11IN2O2. The van der Waals surface area contributed by atoms with Crippen molar-refractivity contribution >= 4 is 39.5 Å². The number of aryl methyl sites for hydroxylation is 1. The van der Waals surface area contributed by atoms with Crippen LogP contribution in [0, 0.1) is 10.6 Å². The molecule has 0 aliphatic heterocycles. The zero-order valence-electron chi connectivity index (χ0n) is 11.2. The highest BCUT2D eigenvalue weighted by Gasteiger charge is 2.16. The molecule has 3 aromatic rings. The Hall–Kier alpha value is -2.02. The van der Waals surface area contributed by atoms with Gasteiger partial charge in [-0.25, -0.2) is 9.78 Å². The topological polar surface area (TPSA) is 52.1 Å². The van der Waals surface area contributed by atoms with Crippen molar-refractivity contribution in [1.82, 2.24) is 9.97 Å². The minimum atomic E-state index is -0.409. The Kier molecular flexibility index (Phi) is 3.83. The molecule has 0 atom stereocenters. The highest BCUT2D eigenvalue weighted by molar-refractivity contribution is 14.1. The number of aromatic nitrogens is 2. The largest absolute Gasteiger partial charge is 0.419 e. The van der Waals surface area contributed by atoms with E-state index in [4.69, 9.17) is 4.74 Å². The van der Waals surface area contributed by atoms with Gasteiger partial charge in [-0.1, -0.05) is 18.2 Å². The molecule has 0 radical (unpaired) electrons. The second-order valence-corrected chi connectivity index (χ2v) is 5.49. The fourth-order valence-corrected chi connectivity index (χ4v) is 2.83. The van der Waals surface area contributed by atoms with Gasteiger partial charge in [0.25, 0.3) is 0 Å². The Bertz CT molecular complexity index is 819. The Balaban J connectivity index is 2.07. The van der Waals surface area contributed by atoms with Gasteiger partial charge in [-0.3, -0.25) is 4.98 Å². The molecule has 0 N–H and O–H groups in total. The van der Waals surface area contributed by atoms with Gasteiger partial charge in [0.1, 0.15) is 9.22 Å². The molecule has 0 saturated heterocycles. The number of fused-ring (bicyclic) bond motifs is 1. The smallest absolute Gasteiger partial charge is 0.343 e. The van der Waals surface area contributed by atoms with Crippen molar-refractivity contribution in [2.45, 2.75) is 6.92 Å². The van der Waals surface area contributed by atoms with Gasteiger partial charge in [0.15, 0.2) is 5.75 Å². The van der Waals surface area contributed by atoms with Crippen LogP contribution in [0.4, 0.5) is 0 Å². The average molecular weight is 390 g/mol. The number of nitrogens with zero attached hydrogens (tertiary/aromatic N) is 2. The summed E-state index contributed by atoms with van der Waals surface area (Å²) < 4.78 is 6.37. The van der Waals surface area contributed by atoms with E-state index in [2.05, 4.69) is 32.6 Å². The van der Waals surface area contributed by atoms with Gasteiger partial charge >= 0.3 is 5.97 Å². The van der Waals surface area contributed by atoms with Crippen LogP contribution in [0.25, 0.3) is 10.9 Å². The van der Waals surface area contributed by atoms with Crippen LogP contribution in [-0.2, 0) is 0 Å². The Morgan fingerprint density at radius 2 is 1.90 bits per heavy atom. The summed E-state index contributed by atoms with van der Waals surface area (Å²) >= 11 is 2.15. The van der Waals surface area contributed by atoms with Crippen molar-refractivity contribution in [3.8, 4) is 5.75 Å². The van der Waals surface area contributed by atoms with Gasteiger partial charge in [0.05, 0.1) is 11.3 Å². The van der Waals surface area contributed by atoms with Gasteiger partial charge in [0.2, 0.25) is 0 Å². The van der Waals surface area contributed by atoms with Crippen molar-refractivity contribution in [1.29, 1.82) is 0 Å². The third-order valence-corrected chi connectivity index (χ3v) is 3.87. The van der Waals surface area contributed by atoms with Crippen molar-refractivity contribution in [2.75, 3.05) is 0 Å².